The van der Waals surface area contributed by atoms with Crippen LogP contribution in [0.4, 0.5) is 10.5 Å². The fourth-order valence-electron chi connectivity index (χ4n) is 4.37. The van der Waals surface area contributed by atoms with Crippen molar-refractivity contribution in [1.29, 1.82) is 0 Å². The van der Waals surface area contributed by atoms with Crippen LogP contribution in [0.25, 0.3) is 11.1 Å². The van der Waals surface area contributed by atoms with Crippen molar-refractivity contribution in [2.24, 2.45) is 0 Å². The van der Waals surface area contributed by atoms with Crippen molar-refractivity contribution in [2.45, 2.75) is 11.5 Å². The third-order valence-electron chi connectivity index (χ3n) is 6.16. The summed E-state index contributed by atoms with van der Waals surface area (Å²) in [5.74, 6) is -1.93. The summed E-state index contributed by atoms with van der Waals surface area (Å²) in [7, 11) is 0. The van der Waals surface area contributed by atoms with Gasteiger partial charge in [-0.1, -0.05) is 48.5 Å². The molecule has 0 atom stereocenters. The van der Waals surface area contributed by atoms with E-state index in [-0.39, 0.29) is 31.3 Å². The largest absolute Gasteiger partial charge is 0.479 e. The minimum absolute atomic E-state index is 0.0581. The molecule has 1 fully saturated rings. The first kappa shape index (κ1) is 21.6. The number of hydrogen-bond donors (Lipinski definition) is 3. The standard InChI is InChI=1S/C25H21N3O6/c29-22(28-13-25(33,14-28)23(30)31)21-10-9-15(11-26-21)27-24(32)34-12-20-18-7-3-1-5-16(18)17-6-2-4-8-19(17)20/h1-11,20,33H,12-14H2,(H,27,32)(H,30,31). The molecule has 1 aromatic heterocycles. The number of aromatic nitrogens is 1. The van der Waals surface area contributed by atoms with Crippen LogP contribution in [0.3, 0.4) is 0 Å². The van der Waals surface area contributed by atoms with E-state index in [0.717, 1.165) is 22.3 Å². The molecule has 9 heteroatoms. The van der Waals surface area contributed by atoms with Gasteiger partial charge < -0.3 is 19.8 Å². The molecule has 2 aromatic carbocycles. The first-order valence-corrected chi connectivity index (χ1v) is 10.7. The van der Waals surface area contributed by atoms with E-state index in [2.05, 4.69) is 22.4 Å². The number of carboxylic acids is 1. The summed E-state index contributed by atoms with van der Waals surface area (Å²) < 4.78 is 5.49. The summed E-state index contributed by atoms with van der Waals surface area (Å²) in [5, 5.41) is 21.3. The van der Waals surface area contributed by atoms with Crippen molar-refractivity contribution in [3.05, 3.63) is 83.7 Å². The Morgan fingerprint density at radius 3 is 2.18 bits per heavy atom. The van der Waals surface area contributed by atoms with Gasteiger partial charge in [0.25, 0.3) is 5.91 Å². The number of carbonyl (C=O) groups excluding carboxylic acids is 2. The lowest BCUT2D eigenvalue weighted by molar-refractivity contribution is -0.173. The van der Waals surface area contributed by atoms with Gasteiger partial charge in [0.2, 0.25) is 0 Å². The number of nitrogens with one attached hydrogen (secondary N) is 1. The molecule has 0 radical (unpaired) electrons. The van der Waals surface area contributed by atoms with Crippen LogP contribution in [-0.2, 0) is 9.53 Å². The van der Waals surface area contributed by atoms with Crippen LogP contribution >= 0.6 is 0 Å². The maximum absolute atomic E-state index is 12.4. The van der Waals surface area contributed by atoms with E-state index in [9.17, 15) is 19.5 Å². The number of amides is 2. The fraction of sp³-hybridized carbons (Fsp3) is 0.200. The second-order valence-corrected chi connectivity index (χ2v) is 8.38. The summed E-state index contributed by atoms with van der Waals surface area (Å²) in [4.78, 5) is 40.9. The van der Waals surface area contributed by atoms with Gasteiger partial charge in [0, 0.05) is 5.92 Å². The monoisotopic (exact) mass is 459 g/mol. The molecular formula is C25H21N3O6. The molecule has 0 bridgehead atoms. The lowest BCUT2D eigenvalue weighted by Gasteiger charge is -2.42. The van der Waals surface area contributed by atoms with Crippen molar-refractivity contribution in [3.8, 4) is 11.1 Å². The van der Waals surface area contributed by atoms with Crippen molar-refractivity contribution >= 4 is 23.7 Å². The third-order valence-corrected chi connectivity index (χ3v) is 6.16. The molecule has 1 aliphatic heterocycles. The molecule has 2 aliphatic rings. The lowest BCUT2D eigenvalue weighted by atomic mass is 9.94. The van der Waals surface area contributed by atoms with E-state index in [1.54, 1.807) is 0 Å². The van der Waals surface area contributed by atoms with E-state index >= 15 is 0 Å². The fourth-order valence-corrected chi connectivity index (χ4v) is 4.37. The summed E-state index contributed by atoms with van der Waals surface area (Å²) >= 11 is 0. The Hall–Kier alpha value is -4.24. The average Bonchev–Trinajstić information content (AvgIpc) is 3.14. The van der Waals surface area contributed by atoms with Gasteiger partial charge in [0.1, 0.15) is 12.3 Å². The summed E-state index contributed by atoms with van der Waals surface area (Å²) in [5.41, 5.74) is 3.01. The predicted molar refractivity (Wildman–Crippen MR) is 121 cm³/mol. The molecular weight excluding hydrogens is 438 g/mol. The van der Waals surface area contributed by atoms with Crippen LogP contribution in [0, 0.1) is 0 Å². The normalized spacial score (nSPS) is 15.6. The molecule has 3 N–H and O–H groups in total. The highest BCUT2D eigenvalue weighted by Crippen LogP contribution is 2.44. The second kappa shape index (κ2) is 8.27. The summed E-state index contributed by atoms with van der Waals surface area (Å²) in [6.07, 6.45) is 0.676. The minimum Gasteiger partial charge on any atom is -0.479 e. The van der Waals surface area contributed by atoms with Gasteiger partial charge in [-0.05, 0) is 34.4 Å². The number of ether oxygens (including phenoxy) is 1. The number of pyridine rings is 1. The van der Waals surface area contributed by atoms with E-state index in [4.69, 9.17) is 9.84 Å². The van der Waals surface area contributed by atoms with Crippen LogP contribution < -0.4 is 5.32 Å². The van der Waals surface area contributed by atoms with Gasteiger partial charge in [-0.15, -0.1) is 0 Å². The van der Waals surface area contributed by atoms with E-state index < -0.39 is 23.6 Å². The zero-order valence-electron chi connectivity index (χ0n) is 18.0. The molecule has 0 unspecified atom stereocenters. The third kappa shape index (κ3) is 3.75. The number of carboxylic acid groups (broad SMARTS) is 1. The van der Waals surface area contributed by atoms with Crippen molar-refractivity contribution in [3.63, 3.8) is 0 Å². The van der Waals surface area contributed by atoms with E-state index in [1.807, 2.05) is 36.4 Å². The van der Waals surface area contributed by atoms with Crippen LogP contribution in [-0.4, -0.2) is 63.4 Å². The van der Waals surface area contributed by atoms with Gasteiger partial charge >= 0.3 is 12.1 Å². The number of aliphatic hydroxyl groups is 1. The molecule has 2 heterocycles. The number of benzene rings is 2. The molecule has 1 saturated heterocycles. The number of nitrogens with zero attached hydrogens (tertiary/aromatic N) is 2. The maximum atomic E-state index is 12.4. The quantitative estimate of drug-likeness (QED) is 0.535. The Kier molecular flexibility index (Phi) is 5.25. The highest BCUT2D eigenvalue weighted by molar-refractivity contribution is 5.95. The van der Waals surface area contributed by atoms with E-state index in [1.165, 1.54) is 23.2 Å². The molecule has 0 saturated carbocycles. The predicted octanol–water partition coefficient (Wildman–Crippen LogP) is 2.71. The maximum Gasteiger partial charge on any atom is 0.411 e. The molecule has 5 rings (SSSR count). The Bertz CT molecular complexity index is 1240. The SMILES string of the molecule is O=C(Nc1ccc(C(=O)N2CC(O)(C(=O)O)C2)nc1)OCC1c2ccccc2-c2ccccc21. The average molecular weight is 459 g/mol. The molecule has 1 aliphatic carbocycles. The summed E-state index contributed by atoms with van der Waals surface area (Å²) in [6.45, 7) is -0.434. The second-order valence-electron chi connectivity index (χ2n) is 8.38. The number of carbonyl (C=O) groups is 3. The molecule has 3 aromatic rings. The van der Waals surface area contributed by atoms with Crippen LogP contribution in [0.2, 0.25) is 0 Å². The zero-order valence-corrected chi connectivity index (χ0v) is 18.0. The van der Waals surface area contributed by atoms with Crippen molar-refractivity contribution in [1.82, 2.24) is 9.88 Å². The zero-order chi connectivity index (χ0) is 23.9. The molecule has 9 nitrogen and oxygen atoms in total. The topological polar surface area (TPSA) is 129 Å². The first-order chi connectivity index (χ1) is 16.4. The van der Waals surface area contributed by atoms with Gasteiger partial charge in [0.15, 0.2) is 5.60 Å². The van der Waals surface area contributed by atoms with Crippen LogP contribution in [0.1, 0.15) is 27.5 Å². The van der Waals surface area contributed by atoms with Gasteiger partial charge in [-0.3, -0.25) is 10.1 Å². The van der Waals surface area contributed by atoms with Gasteiger partial charge in [-0.25, -0.2) is 14.6 Å². The smallest absolute Gasteiger partial charge is 0.411 e. The first-order valence-electron chi connectivity index (χ1n) is 10.7. The Balaban J connectivity index is 1.18. The van der Waals surface area contributed by atoms with E-state index in [0.29, 0.717) is 5.69 Å². The number of anilines is 1. The van der Waals surface area contributed by atoms with Crippen molar-refractivity contribution in [2.75, 3.05) is 25.0 Å². The molecule has 2 amide bonds. The number of β-amino-alcohol motifs (C(OH)–C–C–N with tert-alkyl or cyclic N) is 1. The number of likely N-dealkylation sites (tertiary alicyclic amines) is 1. The van der Waals surface area contributed by atoms with Gasteiger partial charge in [-0.2, -0.15) is 0 Å². The number of fused-ring (bicyclic) bond motifs is 3. The molecule has 0 spiro atoms. The van der Waals surface area contributed by atoms with Crippen LogP contribution in [0.15, 0.2) is 66.9 Å². The van der Waals surface area contributed by atoms with Crippen LogP contribution in [0.5, 0.6) is 0 Å². The van der Waals surface area contributed by atoms with Crippen molar-refractivity contribution < 1.29 is 29.3 Å². The highest BCUT2D eigenvalue weighted by atomic mass is 16.5. The highest BCUT2D eigenvalue weighted by Gasteiger charge is 2.50. The number of rotatable bonds is 5. The molecule has 172 valence electrons. The summed E-state index contributed by atoms with van der Waals surface area (Å²) in [6, 6.07) is 19.0. The minimum atomic E-state index is -1.92. The Morgan fingerprint density at radius 1 is 1.00 bits per heavy atom. The Morgan fingerprint density at radius 2 is 1.62 bits per heavy atom. The lowest BCUT2D eigenvalue weighted by Crippen LogP contribution is -2.67. The number of hydrogen-bond acceptors (Lipinski definition) is 6. The number of aliphatic carboxylic acids is 1. The Labute approximate surface area is 194 Å². The molecule has 34 heavy (non-hydrogen) atoms. The van der Waals surface area contributed by atoms with Gasteiger partial charge in [0.05, 0.1) is 25.0 Å².